The summed E-state index contributed by atoms with van der Waals surface area (Å²) in [6.07, 6.45) is 3.40. The van der Waals surface area contributed by atoms with Gasteiger partial charge in [0.1, 0.15) is 0 Å². The van der Waals surface area contributed by atoms with Gasteiger partial charge in [0.25, 0.3) is 0 Å². The van der Waals surface area contributed by atoms with Crippen LogP contribution < -0.4 is 0 Å². The number of hydrogen-bond acceptors (Lipinski definition) is 4. The van der Waals surface area contributed by atoms with Crippen molar-refractivity contribution in [3.63, 3.8) is 0 Å². The van der Waals surface area contributed by atoms with Gasteiger partial charge in [-0.05, 0) is 57.0 Å². The summed E-state index contributed by atoms with van der Waals surface area (Å²) in [6, 6.07) is 21.2. The van der Waals surface area contributed by atoms with Crippen LogP contribution in [0.5, 0.6) is 0 Å². The Bertz CT molecular complexity index is 1340. The molecule has 1 aliphatic heterocycles. The number of hydrogen-bond donors (Lipinski definition) is 1. The molecule has 5 nitrogen and oxygen atoms in total. The topological polar surface area (TPSA) is 74.7 Å². The van der Waals surface area contributed by atoms with Gasteiger partial charge in [-0.25, -0.2) is 8.42 Å². The lowest BCUT2D eigenvalue weighted by Gasteiger charge is -2.31. The minimum Gasteiger partial charge on any atom is -0.481 e. The van der Waals surface area contributed by atoms with E-state index in [0.717, 1.165) is 40.8 Å². The molecule has 1 heterocycles. The first kappa shape index (κ1) is 28.4. The summed E-state index contributed by atoms with van der Waals surface area (Å²) in [4.78, 5) is 14.1. The van der Waals surface area contributed by atoms with Crippen molar-refractivity contribution in [2.75, 3.05) is 0 Å². The Kier molecular flexibility index (Phi) is 9.01. The number of sulfonamides is 1. The van der Waals surface area contributed by atoms with Gasteiger partial charge < -0.3 is 5.11 Å². The molecule has 0 aromatic heterocycles. The van der Waals surface area contributed by atoms with E-state index in [1.807, 2.05) is 69.3 Å². The molecule has 3 aromatic rings. The molecule has 3 aromatic carbocycles. The fraction of sp³-hybridized carbons (Fsp3) is 0.387. The highest BCUT2D eigenvalue weighted by Crippen LogP contribution is 2.52. The molecule has 1 N–H and O–H groups in total. The third-order valence-corrected chi connectivity index (χ3v) is 10.7. The molecule has 0 bridgehead atoms. The van der Waals surface area contributed by atoms with Gasteiger partial charge in [0.2, 0.25) is 10.0 Å². The predicted octanol–water partition coefficient (Wildman–Crippen LogP) is 7.17. The number of carbonyl (C=O) groups is 1. The van der Waals surface area contributed by atoms with E-state index in [1.165, 1.54) is 11.8 Å². The van der Waals surface area contributed by atoms with Crippen molar-refractivity contribution in [3.05, 3.63) is 95.1 Å². The zero-order valence-electron chi connectivity index (χ0n) is 22.5. The Morgan fingerprint density at radius 2 is 1.37 bits per heavy atom. The van der Waals surface area contributed by atoms with Crippen molar-refractivity contribution in [3.8, 4) is 0 Å². The van der Waals surface area contributed by atoms with Gasteiger partial charge in [-0.15, -0.1) is 11.8 Å². The van der Waals surface area contributed by atoms with Crippen LogP contribution in [-0.2, 0) is 14.8 Å². The van der Waals surface area contributed by atoms with Crippen LogP contribution in [0.4, 0.5) is 0 Å². The molecule has 4 rings (SSSR count). The van der Waals surface area contributed by atoms with Crippen molar-refractivity contribution in [1.82, 2.24) is 4.31 Å². The smallest absolute Gasteiger partial charge is 0.309 e. The summed E-state index contributed by atoms with van der Waals surface area (Å²) < 4.78 is 30.3. The van der Waals surface area contributed by atoms with E-state index in [1.54, 1.807) is 28.6 Å². The first-order valence-electron chi connectivity index (χ1n) is 13.3. The van der Waals surface area contributed by atoms with E-state index in [4.69, 9.17) is 0 Å². The molecule has 0 aliphatic carbocycles. The second kappa shape index (κ2) is 12.1. The van der Waals surface area contributed by atoms with Crippen LogP contribution in [0.15, 0.2) is 82.6 Å². The summed E-state index contributed by atoms with van der Waals surface area (Å²) in [5, 5.41) is 10.2. The number of rotatable bonds is 10. The SMILES string of the molecule is CCCCC[C@@H]1[C@@H](Sc2ccc(C)cc2)[C@H](C(=O)O)[C@H](c2ccc(C)cc2)N1S(=O)(=O)c1ccc(C)cc1. The molecule has 202 valence electrons. The van der Waals surface area contributed by atoms with Crippen LogP contribution in [0.25, 0.3) is 0 Å². The highest BCUT2D eigenvalue weighted by atomic mass is 32.2. The lowest BCUT2D eigenvalue weighted by atomic mass is 9.92. The quantitative estimate of drug-likeness (QED) is 0.270. The first-order chi connectivity index (χ1) is 18.1. The summed E-state index contributed by atoms with van der Waals surface area (Å²) in [5.41, 5.74) is 3.84. The predicted molar refractivity (Wildman–Crippen MR) is 154 cm³/mol. The minimum atomic E-state index is -3.99. The average molecular weight is 552 g/mol. The zero-order valence-corrected chi connectivity index (χ0v) is 24.1. The highest BCUT2D eigenvalue weighted by molar-refractivity contribution is 8.00. The minimum absolute atomic E-state index is 0.200. The highest BCUT2D eigenvalue weighted by Gasteiger charge is 2.57. The lowest BCUT2D eigenvalue weighted by molar-refractivity contribution is -0.142. The molecule has 4 atom stereocenters. The third-order valence-electron chi connectivity index (χ3n) is 7.37. The van der Waals surface area contributed by atoms with Crippen molar-refractivity contribution in [2.24, 2.45) is 5.92 Å². The summed E-state index contributed by atoms with van der Waals surface area (Å²) >= 11 is 1.49. The third kappa shape index (κ3) is 6.00. The van der Waals surface area contributed by atoms with Crippen LogP contribution in [0.3, 0.4) is 0 Å². The average Bonchev–Trinajstić information content (AvgIpc) is 3.21. The van der Waals surface area contributed by atoms with Crippen LogP contribution in [0, 0.1) is 26.7 Å². The largest absolute Gasteiger partial charge is 0.481 e. The van der Waals surface area contributed by atoms with Crippen molar-refractivity contribution >= 4 is 27.8 Å². The van der Waals surface area contributed by atoms with Gasteiger partial charge in [0.15, 0.2) is 0 Å². The van der Waals surface area contributed by atoms with Gasteiger partial charge in [-0.2, -0.15) is 4.31 Å². The van der Waals surface area contributed by atoms with Gasteiger partial charge in [-0.3, -0.25) is 4.79 Å². The second-order valence-corrected chi connectivity index (χ2v) is 13.4. The Labute approximate surface area is 231 Å². The van der Waals surface area contributed by atoms with Crippen molar-refractivity contribution in [1.29, 1.82) is 0 Å². The molecule has 38 heavy (non-hydrogen) atoms. The van der Waals surface area contributed by atoms with Crippen LogP contribution in [-0.4, -0.2) is 35.1 Å². The van der Waals surface area contributed by atoms with Gasteiger partial charge in [0, 0.05) is 16.2 Å². The summed E-state index contributed by atoms with van der Waals surface area (Å²) in [7, 11) is -3.99. The van der Waals surface area contributed by atoms with E-state index < -0.39 is 39.2 Å². The van der Waals surface area contributed by atoms with Crippen LogP contribution in [0.2, 0.25) is 0 Å². The van der Waals surface area contributed by atoms with Crippen molar-refractivity contribution in [2.45, 2.75) is 80.5 Å². The fourth-order valence-electron chi connectivity index (χ4n) is 5.30. The number of carboxylic acid groups (broad SMARTS) is 1. The van der Waals surface area contributed by atoms with Crippen LogP contribution >= 0.6 is 11.8 Å². The van der Waals surface area contributed by atoms with Gasteiger partial charge >= 0.3 is 5.97 Å². The molecule has 0 unspecified atom stereocenters. The van der Waals surface area contributed by atoms with Gasteiger partial charge in [-0.1, -0.05) is 91.4 Å². The number of aryl methyl sites for hydroxylation is 3. The standard InChI is InChI=1S/C31H37NO4S2/c1-5-6-7-8-27-30(37-25-17-11-22(3)12-18-25)28(31(33)34)29(24-15-9-21(2)10-16-24)32(27)38(35,36)26-19-13-23(4)14-20-26/h9-20,27-30H,5-8H2,1-4H3,(H,33,34)/t27-,28-,29+,30-/m1/s1. The van der Waals surface area contributed by atoms with E-state index in [0.29, 0.717) is 12.0 Å². The van der Waals surface area contributed by atoms with E-state index in [2.05, 4.69) is 6.92 Å². The number of unbranched alkanes of at least 4 members (excludes halogenated alkanes) is 2. The maximum atomic E-state index is 14.4. The molecule has 1 fully saturated rings. The molecule has 7 heteroatoms. The summed E-state index contributed by atoms with van der Waals surface area (Å²) in [5.74, 6) is -1.88. The Morgan fingerprint density at radius 1 is 0.842 bits per heavy atom. The normalized spacial score (nSPS) is 22.0. The second-order valence-electron chi connectivity index (χ2n) is 10.3. The Morgan fingerprint density at radius 3 is 1.89 bits per heavy atom. The maximum absolute atomic E-state index is 14.4. The van der Waals surface area contributed by atoms with E-state index in [-0.39, 0.29) is 4.90 Å². The lowest BCUT2D eigenvalue weighted by Crippen LogP contribution is -2.40. The van der Waals surface area contributed by atoms with Gasteiger partial charge in [0.05, 0.1) is 16.9 Å². The van der Waals surface area contributed by atoms with E-state index in [9.17, 15) is 18.3 Å². The van der Waals surface area contributed by atoms with Crippen molar-refractivity contribution < 1.29 is 18.3 Å². The molecule has 1 aliphatic rings. The van der Waals surface area contributed by atoms with Crippen LogP contribution in [0.1, 0.15) is 60.9 Å². The molecule has 0 spiro atoms. The molecular formula is C31H37NO4S2. The maximum Gasteiger partial charge on any atom is 0.309 e. The summed E-state index contributed by atoms with van der Waals surface area (Å²) in [6.45, 7) is 8.02. The molecule has 0 saturated carbocycles. The number of benzene rings is 3. The van der Waals surface area contributed by atoms with E-state index >= 15 is 0 Å². The fourth-order valence-corrected chi connectivity index (χ4v) is 8.69. The number of nitrogens with zero attached hydrogens (tertiary/aromatic N) is 1. The molecule has 0 amide bonds. The Balaban J connectivity index is 1.90. The molecule has 1 saturated heterocycles. The monoisotopic (exact) mass is 551 g/mol. The first-order valence-corrected chi connectivity index (χ1v) is 15.6. The number of aliphatic carboxylic acids is 1. The zero-order chi connectivity index (χ0) is 27.4. The number of carboxylic acids is 1. The number of thioether (sulfide) groups is 1. The molecule has 0 radical (unpaired) electrons. The Hall–Kier alpha value is -2.61. The molecular weight excluding hydrogens is 514 g/mol.